The van der Waals surface area contributed by atoms with Gasteiger partial charge < -0.3 is 5.11 Å². The number of aromatic carboxylic acids is 1. The Morgan fingerprint density at radius 3 is 2.57 bits per heavy atom. The summed E-state index contributed by atoms with van der Waals surface area (Å²) in [4.78, 5) is 30.4. The Bertz CT molecular complexity index is 412. The second kappa shape index (κ2) is 3.65. The second-order valence-corrected chi connectivity index (χ2v) is 2.46. The molecule has 6 heteroatoms. The Balaban J connectivity index is 3.38. The molecule has 0 saturated heterocycles. The van der Waals surface area contributed by atoms with E-state index in [4.69, 9.17) is 5.11 Å². The van der Waals surface area contributed by atoms with Crippen molar-refractivity contribution in [1.82, 2.24) is 0 Å². The van der Waals surface area contributed by atoms with Crippen molar-refractivity contribution < 1.29 is 19.6 Å². The van der Waals surface area contributed by atoms with Gasteiger partial charge in [0.15, 0.2) is 0 Å². The van der Waals surface area contributed by atoms with Gasteiger partial charge in [0.05, 0.1) is 4.92 Å². The van der Waals surface area contributed by atoms with Crippen molar-refractivity contribution in [2.24, 2.45) is 0 Å². The molecular formula is C8H5NO5. The van der Waals surface area contributed by atoms with Crippen LogP contribution in [0.1, 0.15) is 20.7 Å². The minimum atomic E-state index is -1.43. The van der Waals surface area contributed by atoms with Crippen LogP contribution in [0.25, 0.3) is 0 Å². The van der Waals surface area contributed by atoms with Crippen LogP contribution in [0.2, 0.25) is 0 Å². The highest BCUT2D eigenvalue weighted by atomic mass is 16.6. The maximum absolute atomic E-state index is 10.6. The molecule has 0 fully saturated rings. The quantitative estimate of drug-likeness (QED) is 0.442. The molecule has 0 aliphatic rings. The summed E-state index contributed by atoms with van der Waals surface area (Å²) in [5, 5.41) is 19.0. The van der Waals surface area contributed by atoms with Crippen LogP contribution in [0.3, 0.4) is 0 Å². The third-order valence-electron chi connectivity index (χ3n) is 1.58. The summed E-state index contributed by atoms with van der Waals surface area (Å²) in [6.45, 7) is 0. The minimum absolute atomic E-state index is 0.0907. The molecule has 0 unspecified atom stereocenters. The monoisotopic (exact) mass is 195 g/mol. The fraction of sp³-hybridized carbons (Fsp3) is 0. The molecule has 0 aromatic heterocycles. The molecule has 6 nitrogen and oxygen atoms in total. The molecule has 1 N–H and O–H groups in total. The Morgan fingerprint density at radius 2 is 2.14 bits per heavy atom. The van der Waals surface area contributed by atoms with E-state index in [-0.39, 0.29) is 5.56 Å². The summed E-state index contributed by atoms with van der Waals surface area (Å²) in [7, 11) is 0. The first kappa shape index (κ1) is 9.85. The van der Waals surface area contributed by atoms with Crippen LogP contribution in [-0.4, -0.2) is 22.3 Å². The second-order valence-electron chi connectivity index (χ2n) is 2.46. The topological polar surface area (TPSA) is 97.5 Å². The number of aldehydes is 1. The Hall–Kier alpha value is -2.24. The van der Waals surface area contributed by atoms with Crippen LogP contribution >= 0.6 is 0 Å². The van der Waals surface area contributed by atoms with Gasteiger partial charge >= 0.3 is 5.97 Å². The first-order valence-corrected chi connectivity index (χ1v) is 3.53. The van der Waals surface area contributed by atoms with Crippen LogP contribution in [0.4, 0.5) is 5.69 Å². The molecule has 0 atom stereocenters. The number of carbonyl (C=O) groups excluding carboxylic acids is 1. The third-order valence-corrected chi connectivity index (χ3v) is 1.58. The van der Waals surface area contributed by atoms with E-state index in [1.54, 1.807) is 0 Å². The summed E-state index contributed by atoms with van der Waals surface area (Å²) < 4.78 is 0. The lowest BCUT2D eigenvalue weighted by molar-refractivity contribution is -0.385. The molecule has 0 aliphatic carbocycles. The number of carboxylic acid groups (broad SMARTS) is 1. The average Bonchev–Trinajstić information content (AvgIpc) is 2.16. The fourth-order valence-electron chi connectivity index (χ4n) is 0.957. The van der Waals surface area contributed by atoms with E-state index < -0.39 is 22.1 Å². The van der Waals surface area contributed by atoms with Gasteiger partial charge in [-0.25, -0.2) is 4.79 Å². The highest BCUT2D eigenvalue weighted by Crippen LogP contribution is 2.19. The van der Waals surface area contributed by atoms with Gasteiger partial charge in [-0.3, -0.25) is 14.9 Å². The van der Waals surface area contributed by atoms with E-state index in [9.17, 15) is 19.7 Å². The zero-order chi connectivity index (χ0) is 10.7. The average molecular weight is 195 g/mol. The molecule has 0 spiro atoms. The van der Waals surface area contributed by atoms with Crippen LogP contribution in [-0.2, 0) is 0 Å². The lowest BCUT2D eigenvalue weighted by Crippen LogP contribution is -2.03. The van der Waals surface area contributed by atoms with Crippen molar-refractivity contribution in [2.75, 3.05) is 0 Å². The number of carboxylic acids is 1. The van der Waals surface area contributed by atoms with E-state index in [1.165, 1.54) is 6.07 Å². The zero-order valence-electron chi connectivity index (χ0n) is 6.84. The van der Waals surface area contributed by atoms with Crippen molar-refractivity contribution in [3.8, 4) is 0 Å². The van der Waals surface area contributed by atoms with Gasteiger partial charge in [-0.15, -0.1) is 0 Å². The predicted molar refractivity (Wildman–Crippen MR) is 45.4 cm³/mol. The van der Waals surface area contributed by atoms with Crippen molar-refractivity contribution in [2.45, 2.75) is 0 Å². The maximum atomic E-state index is 10.6. The largest absolute Gasteiger partial charge is 0.477 e. The normalized spacial score (nSPS) is 9.43. The Labute approximate surface area is 77.9 Å². The highest BCUT2D eigenvalue weighted by molar-refractivity contribution is 5.94. The number of benzene rings is 1. The molecule has 72 valence electrons. The number of nitro groups is 1. The van der Waals surface area contributed by atoms with Crippen molar-refractivity contribution in [3.63, 3.8) is 0 Å². The van der Waals surface area contributed by atoms with Gasteiger partial charge in [0.2, 0.25) is 0 Å². The molecule has 0 amide bonds. The van der Waals surface area contributed by atoms with Crippen molar-refractivity contribution in [1.29, 1.82) is 0 Å². The van der Waals surface area contributed by atoms with Gasteiger partial charge in [-0.1, -0.05) is 0 Å². The Kier molecular flexibility index (Phi) is 2.57. The smallest absolute Gasteiger partial charge is 0.342 e. The number of nitro benzene ring substituents is 1. The summed E-state index contributed by atoms with van der Waals surface area (Å²) >= 11 is 0. The standard InChI is InChI=1S/C8H5NO5/c10-4-5-1-2-7(9(13)14)6(3-5)8(11)12/h1-4H,(H,11,12). The van der Waals surface area contributed by atoms with E-state index >= 15 is 0 Å². The van der Waals surface area contributed by atoms with Crippen LogP contribution < -0.4 is 0 Å². The summed E-state index contributed by atoms with van der Waals surface area (Å²) in [5.41, 5.74) is -0.921. The number of hydrogen-bond acceptors (Lipinski definition) is 4. The molecule has 1 aromatic rings. The number of carbonyl (C=O) groups is 2. The molecular weight excluding hydrogens is 190 g/mol. The molecule has 14 heavy (non-hydrogen) atoms. The number of rotatable bonds is 3. The van der Waals surface area contributed by atoms with Crippen LogP contribution in [0.5, 0.6) is 0 Å². The van der Waals surface area contributed by atoms with Gasteiger partial charge in [-0.05, 0) is 12.1 Å². The molecule has 0 heterocycles. The lowest BCUT2D eigenvalue weighted by Gasteiger charge is -1.97. The van der Waals surface area contributed by atoms with Gasteiger partial charge in [-0.2, -0.15) is 0 Å². The summed E-state index contributed by atoms with van der Waals surface area (Å²) in [5.74, 6) is -1.43. The highest BCUT2D eigenvalue weighted by Gasteiger charge is 2.19. The van der Waals surface area contributed by atoms with Crippen LogP contribution in [0, 0.1) is 10.1 Å². The predicted octanol–water partition coefficient (Wildman–Crippen LogP) is 1.11. The number of hydrogen-bond donors (Lipinski definition) is 1. The van der Waals surface area contributed by atoms with Gasteiger partial charge in [0.25, 0.3) is 5.69 Å². The van der Waals surface area contributed by atoms with E-state index in [2.05, 4.69) is 0 Å². The molecule has 0 saturated carbocycles. The van der Waals surface area contributed by atoms with Crippen LogP contribution in [0.15, 0.2) is 18.2 Å². The van der Waals surface area contributed by atoms with E-state index in [0.717, 1.165) is 12.1 Å². The fourth-order valence-corrected chi connectivity index (χ4v) is 0.957. The molecule has 0 radical (unpaired) electrons. The molecule has 1 aromatic carbocycles. The third kappa shape index (κ3) is 1.74. The zero-order valence-corrected chi connectivity index (χ0v) is 6.84. The number of nitrogens with zero attached hydrogens (tertiary/aromatic N) is 1. The molecule has 0 aliphatic heterocycles. The summed E-state index contributed by atoms with van der Waals surface area (Å²) in [6.07, 6.45) is 0.427. The molecule has 1 rings (SSSR count). The SMILES string of the molecule is O=Cc1ccc([N+](=O)[O-])c(C(=O)O)c1. The van der Waals surface area contributed by atoms with Crippen molar-refractivity contribution >= 4 is 17.9 Å². The minimum Gasteiger partial charge on any atom is -0.477 e. The van der Waals surface area contributed by atoms with Gasteiger partial charge in [0, 0.05) is 11.6 Å². The van der Waals surface area contributed by atoms with Gasteiger partial charge in [0.1, 0.15) is 11.8 Å². The summed E-state index contributed by atoms with van der Waals surface area (Å²) in [6, 6.07) is 3.15. The van der Waals surface area contributed by atoms with E-state index in [0.29, 0.717) is 6.29 Å². The first-order chi connectivity index (χ1) is 6.56. The Morgan fingerprint density at radius 1 is 1.50 bits per heavy atom. The van der Waals surface area contributed by atoms with E-state index in [1.807, 2.05) is 0 Å². The first-order valence-electron chi connectivity index (χ1n) is 3.53. The van der Waals surface area contributed by atoms with Crippen molar-refractivity contribution in [3.05, 3.63) is 39.4 Å². The lowest BCUT2D eigenvalue weighted by atomic mass is 10.1. The molecule has 0 bridgehead atoms. The maximum Gasteiger partial charge on any atom is 0.342 e.